The summed E-state index contributed by atoms with van der Waals surface area (Å²) in [5.74, 6) is -1.70. The molecule has 0 radical (unpaired) electrons. The van der Waals surface area contributed by atoms with Crippen molar-refractivity contribution in [1.82, 2.24) is 4.98 Å². The zero-order chi connectivity index (χ0) is 13.1. The Labute approximate surface area is 99.3 Å². The predicted molar refractivity (Wildman–Crippen MR) is 51.9 cm³/mol. The van der Waals surface area contributed by atoms with Gasteiger partial charge in [-0.15, -0.1) is 13.2 Å². The van der Waals surface area contributed by atoms with Crippen LogP contribution in [0.4, 0.5) is 13.2 Å². The number of aromatic nitrogens is 1. The van der Waals surface area contributed by atoms with Crippen LogP contribution in [-0.2, 0) is 4.74 Å². The van der Waals surface area contributed by atoms with Gasteiger partial charge in [0, 0.05) is 12.3 Å². The Morgan fingerprint density at radius 3 is 2.71 bits per heavy atom. The topological polar surface area (TPSA) is 48.4 Å². The van der Waals surface area contributed by atoms with Gasteiger partial charge in [0.25, 0.3) is 0 Å². The van der Waals surface area contributed by atoms with Gasteiger partial charge in [-0.1, -0.05) is 11.6 Å². The summed E-state index contributed by atoms with van der Waals surface area (Å²) in [6.07, 6.45) is -4.06. The second-order valence-corrected chi connectivity index (χ2v) is 3.16. The monoisotopic (exact) mass is 269 g/mol. The highest BCUT2D eigenvalue weighted by Gasteiger charge is 2.33. The Kier molecular flexibility index (Phi) is 4.17. The summed E-state index contributed by atoms with van der Waals surface area (Å²) >= 11 is 5.42. The minimum atomic E-state index is -4.92. The number of carbonyl (C=O) groups is 1. The van der Waals surface area contributed by atoms with Crippen molar-refractivity contribution in [1.29, 1.82) is 0 Å². The van der Waals surface area contributed by atoms with E-state index in [2.05, 4.69) is 14.5 Å². The second-order valence-electron chi connectivity index (χ2n) is 2.77. The summed E-state index contributed by atoms with van der Waals surface area (Å²) in [5.41, 5.74) is -0.437. The van der Waals surface area contributed by atoms with E-state index in [9.17, 15) is 18.0 Å². The van der Waals surface area contributed by atoms with Crippen molar-refractivity contribution in [2.75, 3.05) is 6.61 Å². The molecule has 4 nitrogen and oxygen atoms in total. The SMILES string of the molecule is CCOC(=O)c1cnc(Cl)cc1OC(F)(F)F. The number of alkyl halides is 3. The van der Waals surface area contributed by atoms with Crippen LogP contribution in [0.3, 0.4) is 0 Å². The van der Waals surface area contributed by atoms with Crippen LogP contribution in [0.15, 0.2) is 12.3 Å². The van der Waals surface area contributed by atoms with Crippen molar-refractivity contribution in [3.8, 4) is 5.75 Å². The summed E-state index contributed by atoms with van der Waals surface area (Å²) in [7, 11) is 0. The molecule has 0 atom stereocenters. The largest absolute Gasteiger partial charge is 0.573 e. The molecule has 0 aliphatic rings. The summed E-state index contributed by atoms with van der Waals surface area (Å²) < 4.78 is 44.4. The molecule has 0 aromatic carbocycles. The van der Waals surface area contributed by atoms with Gasteiger partial charge in [-0.05, 0) is 6.92 Å². The number of hydrogen-bond donors (Lipinski definition) is 0. The number of esters is 1. The molecule has 1 rings (SSSR count). The van der Waals surface area contributed by atoms with Crippen molar-refractivity contribution in [3.63, 3.8) is 0 Å². The molecule has 1 aromatic heterocycles. The number of halogens is 4. The minimum Gasteiger partial charge on any atom is -0.462 e. The molecule has 0 aliphatic carbocycles. The van der Waals surface area contributed by atoms with Gasteiger partial charge in [-0.3, -0.25) is 0 Å². The van der Waals surface area contributed by atoms with Crippen LogP contribution in [0.25, 0.3) is 0 Å². The molecule has 0 spiro atoms. The van der Waals surface area contributed by atoms with Crippen LogP contribution in [0.1, 0.15) is 17.3 Å². The molecule has 17 heavy (non-hydrogen) atoms. The van der Waals surface area contributed by atoms with Crippen LogP contribution >= 0.6 is 11.6 Å². The van der Waals surface area contributed by atoms with Gasteiger partial charge in [0.05, 0.1) is 6.61 Å². The van der Waals surface area contributed by atoms with Gasteiger partial charge in [0.15, 0.2) is 0 Å². The van der Waals surface area contributed by atoms with E-state index in [-0.39, 0.29) is 11.8 Å². The number of nitrogens with zero attached hydrogens (tertiary/aromatic N) is 1. The van der Waals surface area contributed by atoms with Crippen molar-refractivity contribution in [2.24, 2.45) is 0 Å². The highest BCUT2D eigenvalue weighted by Crippen LogP contribution is 2.28. The maximum atomic E-state index is 12.1. The van der Waals surface area contributed by atoms with Gasteiger partial charge in [0.2, 0.25) is 0 Å². The van der Waals surface area contributed by atoms with Crippen LogP contribution in [0, 0.1) is 0 Å². The van der Waals surface area contributed by atoms with Gasteiger partial charge in [-0.2, -0.15) is 0 Å². The number of carbonyl (C=O) groups excluding carboxylic acids is 1. The van der Waals surface area contributed by atoms with Crippen LogP contribution in [0.5, 0.6) is 5.75 Å². The summed E-state index contributed by atoms with van der Waals surface area (Å²) in [6.45, 7) is 1.54. The Morgan fingerprint density at radius 1 is 1.53 bits per heavy atom. The van der Waals surface area contributed by atoms with E-state index in [1.54, 1.807) is 0 Å². The second kappa shape index (κ2) is 5.22. The van der Waals surface area contributed by atoms with Gasteiger partial charge in [0.1, 0.15) is 16.5 Å². The highest BCUT2D eigenvalue weighted by molar-refractivity contribution is 6.29. The van der Waals surface area contributed by atoms with Crippen LogP contribution in [0.2, 0.25) is 5.15 Å². The third-order valence-electron chi connectivity index (χ3n) is 1.55. The maximum Gasteiger partial charge on any atom is 0.573 e. The van der Waals surface area contributed by atoms with E-state index in [0.29, 0.717) is 0 Å². The maximum absolute atomic E-state index is 12.1. The van der Waals surface area contributed by atoms with E-state index >= 15 is 0 Å². The summed E-state index contributed by atoms with van der Waals surface area (Å²) in [5, 5.41) is -0.225. The number of hydrogen-bond acceptors (Lipinski definition) is 4. The Morgan fingerprint density at radius 2 is 2.18 bits per heavy atom. The standard InChI is InChI=1S/C9H7ClF3NO3/c1-2-16-8(15)5-4-14-7(10)3-6(5)17-9(11,12)13/h3-4H,2H2,1H3. The quantitative estimate of drug-likeness (QED) is 0.625. The van der Waals surface area contributed by atoms with Gasteiger partial charge < -0.3 is 9.47 Å². The molecular formula is C9H7ClF3NO3. The average Bonchev–Trinajstić information content (AvgIpc) is 2.15. The lowest BCUT2D eigenvalue weighted by Gasteiger charge is -2.12. The van der Waals surface area contributed by atoms with E-state index in [1.807, 2.05) is 0 Å². The van der Waals surface area contributed by atoms with E-state index in [0.717, 1.165) is 12.3 Å². The average molecular weight is 270 g/mol. The molecule has 94 valence electrons. The Balaban J connectivity index is 3.08. The lowest BCUT2D eigenvalue weighted by Crippen LogP contribution is -2.19. The normalized spacial score (nSPS) is 11.1. The summed E-state index contributed by atoms with van der Waals surface area (Å²) in [6, 6.07) is 0.793. The van der Waals surface area contributed by atoms with Gasteiger partial charge >= 0.3 is 12.3 Å². The minimum absolute atomic E-state index is 0.0208. The van der Waals surface area contributed by atoms with Crippen molar-refractivity contribution < 1.29 is 27.4 Å². The molecular weight excluding hydrogens is 263 g/mol. The fourth-order valence-corrected chi connectivity index (χ4v) is 1.13. The summed E-state index contributed by atoms with van der Waals surface area (Å²) in [4.78, 5) is 14.8. The Hall–Kier alpha value is -1.50. The van der Waals surface area contributed by atoms with E-state index in [1.165, 1.54) is 6.92 Å². The number of pyridine rings is 1. The van der Waals surface area contributed by atoms with Crippen LogP contribution < -0.4 is 4.74 Å². The first-order valence-electron chi connectivity index (χ1n) is 4.42. The predicted octanol–water partition coefficient (Wildman–Crippen LogP) is 2.81. The lowest BCUT2D eigenvalue weighted by atomic mass is 10.2. The molecule has 0 aliphatic heterocycles. The third kappa shape index (κ3) is 4.10. The van der Waals surface area contributed by atoms with E-state index < -0.39 is 23.6 Å². The first-order valence-corrected chi connectivity index (χ1v) is 4.79. The lowest BCUT2D eigenvalue weighted by molar-refractivity contribution is -0.274. The van der Waals surface area contributed by atoms with Crippen molar-refractivity contribution >= 4 is 17.6 Å². The third-order valence-corrected chi connectivity index (χ3v) is 1.76. The molecule has 1 heterocycles. The van der Waals surface area contributed by atoms with Crippen LogP contribution in [-0.4, -0.2) is 23.9 Å². The smallest absolute Gasteiger partial charge is 0.462 e. The molecule has 8 heteroatoms. The molecule has 0 N–H and O–H groups in total. The molecule has 0 fully saturated rings. The van der Waals surface area contributed by atoms with Crippen molar-refractivity contribution in [3.05, 3.63) is 23.0 Å². The Bertz CT molecular complexity index is 422. The molecule has 0 bridgehead atoms. The number of ether oxygens (including phenoxy) is 2. The molecule has 1 aromatic rings. The van der Waals surface area contributed by atoms with Crippen molar-refractivity contribution in [2.45, 2.75) is 13.3 Å². The zero-order valence-corrected chi connectivity index (χ0v) is 9.30. The molecule has 0 saturated heterocycles. The number of rotatable bonds is 3. The fourth-order valence-electron chi connectivity index (χ4n) is 0.984. The van der Waals surface area contributed by atoms with E-state index in [4.69, 9.17) is 11.6 Å². The van der Waals surface area contributed by atoms with Gasteiger partial charge in [-0.25, -0.2) is 9.78 Å². The molecule has 0 saturated carbocycles. The first kappa shape index (κ1) is 13.6. The fraction of sp³-hybridized carbons (Fsp3) is 0.333. The highest BCUT2D eigenvalue weighted by atomic mass is 35.5. The molecule has 0 unspecified atom stereocenters. The first-order chi connectivity index (χ1) is 7.83. The molecule has 0 amide bonds. The zero-order valence-electron chi connectivity index (χ0n) is 8.55.